The summed E-state index contributed by atoms with van der Waals surface area (Å²) < 4.78 is 0. The van der Waals surface area contributed by atoms with E-state index in [1.807, 2.05) is 60.8 Å². The van der Waals surface area contributed by atoms with E-state index in [4.69, 9.17) is 26.8 Å². The molecule has 4 rings (SSSR count). The Bertz CT molecular complexity index is 1100. The molecule has 3 aromatic rings. The summed E-state index contributed by atoms with van der Waals surface area (Å²) in [6, 6.07) is 15.2. The molecule has 1 saturated heterocycles. The lowest BCUT2D eigenvalue weighted by Crippen LogP contribution is -2.32. The Hall–Kier alpha value is -3.73. The average molecular weight is 485 g/mol. The number of aromatic nitrogens is 1. The number of fused-ring (bicyclic) bond motifs is 1. The van der Waals surface area contributed by atoms with Gasteiger partial charge in [-0.1, -0.05) is 48.5 Å². The number of nitrogens with two attached hydrogens (primary N) is 2. The first-order valence-electron chi connectivity index (χ1n) is 11.2. The van der Waals surface area contributed by atoms with Crippen LogP contribution in [0.25, 0.3) is 10.9 Å². The van der Waals surface area contributed by atoms with Crippen LogP contribution in [0.2, 0.25) is 0 Å². The number of carbonyl (C=O) groups is 3. The molecule has 0 radical (unpaired) electrons. The summed E-state index contributed by atoms with van der Waals surface area (Å²) in [6.45, 7) is 0.858. The van der Waals surface area contributed by atoms with Crippen LogP contribution in [0.5, 0.6) is 0 Å². The van der Waals surface area contributed by atoms with E-state index in [-0.39, 0.29) is 6.04 Å². The summed E-state index contributed by atoms with van der Waals surface area (Å²) in [7, 11) is 0. The van der Waals surface area contributed by atoms with Crippen molar-refractivity contribution in [1.82, 2.24) is 10.3 Å². The zero-order valence-corrected chi connectivity index (χ0v) is 19.3. The fourth-order valence-electron chi connectivity index (χ4n) is 3.48. The molecule has 2 heterocycles. The summed E-state index contributed by atoms with van der Waals surface area (Å²) in [6.07, 6.45) is 4.33. The van der Waals surface area contributed by atoms with Crippen molar-refractivity contribution in [3.63, 3.8) is 0 Å². The molecule has 0 bridgehead atoms. The molecule has 1 fully saturated rings. The van der Waals surface area contributed by atoms with Crippen LogP contribution in [-0.2, 0) is 27.2 Å². The number of benzene rings is 2. The quantitative estimate of drug-likeness (QED) is 0.261. The predicted octanol–water partition coefficient (Wildman–Crippen LogP) is 1.59. The van der Waals surface area contributed by atoms with Gasteiger partial charge in [0.2, 0.25) is 0 Å². The van der Waals surface area contributed by atoms with Crippen LogP contribution in [0.4, 0.5) is 0 Å². The van der Waals surface area contributed by atoms with Gasteiger partial charge in [0, 0.05) is 23.5 Å². The normalized spacial score (nSPS) is 16.2. The molecule has 3 atom stereocenters. The lowest BCUT2D eigenvalue weighted by molar-refractivity contribution is -0.139. The van der Waals surface area contributed by atoms with E-state index in [1.165, 1.54) is 0 Å². The maximum Gasteiger partial charge on any atom is 0.320 e. The van der Waals surface area contributed by atoms with E-state index >= 15 is 0 Å². The van der Waals surface area contributed by atoms with Crippen molar-refractivity contribution in [2.24, 2.45) is 11.5 Å². The van der Waals surface area contributed by atoms with Gasteiger partial charge in [0.1, 0.15) is 18.1 Å². The lowest BCUT2D eigenvalue weighted by atomic mass is 10.1. The third kappa shape index (κ3) is 9.20. The zero-order chi connectivity index (χ0) is 25.8. The van der Waals surface area contributed by atoms with Gasteiger partial charge in [-0.15, -0.1) is 0 Å². The van der Waals surface area contributed by atoms with Gasteiger partial charge < -0.3 is 37.1 Å². The van der Waals surface area contributed by atoms with E-state index in [1.54, 1.807) is 0 Å². The largest absolute Gasteiger partial charge is 0.480 e. The summed E-state index contributed by atoms with van der Waals surface area (Å²) in [4.78, 5) is 34.2. The third-order valence-electron chi connectivity index (χ3n) is 5.41. The molecule has 188 valence electrons. The second-order valence-corrected chi connectivity index (χ2v) is 8.13. The van der Waals surface area contributed by atoms with E-state index in [0.717, 1.165) is 41.4 Å². The third-order valence-corrected chi connectivity index (χ3v) is 5.41. The number of aromatic amines is 1. The molecule has 1 aliphatic rings. The van der Waals surface area contributed by atoms with E-state index < -0.39 is 30.0 Å². The maximum absolute atomic E-state index is 10.6. The van der Waals surface area contributed by atoms with E-state index in [0.29, 0.717) is 12.8 Å². The van der Waals surface area contributed by atoms with E-state index in [9.17, 15) is 14.4 Å². The van der Waals surface area contributed by atoms with Crippen LogP contribution in [0.3, 0.4) is 0 Å². The highest BCUT2D eigenvalue weighted by Gasteiger charge is 2.20. The summed E-state index contributed by atoms with van der Waals surface area (Å²) >= 11 is 0. The number of hydrogen-bond donors (Lipinski definition) is 7. The number of H-pyrrole nitrogens is 1. The summed E-state index contributed by atoms with van der Waals surface area (Å²) in [5, 5.41) is 29.5. The van der Waals surface area contributed by atoms with Crippen molar-refractivity contribution < 1.29 is 29.7 Å². The van der Waals surface area contributed by atoms with Crippen molar-refractivity contribution in [2.75, 3.05) is 6.54 Å². The topological polar surface area (TPSA) is 192 Å². The van der Waals surface area contributed by atoms with Crippen LogP contribution in [0.15, 0.2) is 60.8 Å². The first-order valence-corrected chi connectivity index (χ1v) is 11.2. The number of hydrogen-bond acceptors (Lipinski definition) is 6. The number of carboxylic acid groups (broad SMARTS) is 3. The van der Waals surface area contributed by atoms with Crippen LogP contribution in [-0.4, -0.2) is 62.9 Å². The Morgan fingerprint density at radius 2 is 1.49 bits per heavy atom. The SMILES string of the molecule is NC(Cc1c[nH]c2ccccc12)C(=O)O.NC(Cc1ccccc1)C(=O)O.O=C(O)[C@@H]1CCCN1. The Morgan fingerprint density at radius 3 is 2.03 bits per heavy atom. The van der Waals surface area contributed by atoms with Crippen molar-refractivity contribution in [2.45, 2.75) is 43.8 Å². The summed E-state index contributed by atoms with van der Waals surface area (Å²) in [5.74, 6) is -2.65. The molecular weight excluding hydrogens is 452 g/mol. The lowest BCUT2D eigenvalue weighted by Gasteiger charge is -2.04. The van der Waals surface area contributed by atoms with Crippen LogP contribution >= 0.6 is 0 Å². The van der Waals surface area contributed by atoms with Gasteiger partial charge in [0.05, 0.1) is 0 Å². The molecule has 0 aliphatic carbocycles. The monoisotopic (exact) mass is 484 g/mol. The molecule has 1 aromatic heterocycles. The molecule has 2 aromatic carbocycles. The van der Waals surface area contributed by atoms with Gasteiger partial charge >= 0.3 is 17.9 Å². The van der Waals surface area contributed by atoms with Crippen LogP contribution in [0.1, 0.15) is 24.0 Å². The molecule has 9 N–H and O–H groups in total. The Morgan fingerprint density at radius 1 is 0.886 bits per heavy atom. The number of nitrogens with one attached hydrogen (secondary N) is 2. The van der Waals surface area contributed by atoms with Crippen molar-refractivity contribution in [3.8, 4) is 0 Å². The van der Waals surface area contributed by atoms with Crippen LogP contribution < -0.4 is 16.8 Å². The minimum atomic E-state index is -0.972. The van der Waals surface area contributed by atoms with Crippen molar-refractivity contribution >= 4 is 28.8 Å². The molecule has 0 saturated carbocycles. The molecular formula is C25H32N4O6. The predicted molar refractivity (Wildman–Crippen MR) is 132 cm³/mol. The average Bonchev–Trinajstić information content (AvgIpc) is 3.51. The van der Waals surface area contributed by atoms with Gasteiger partial charge in [-0.25, -0.2) is 0 Å². The number of rotatable bonds is 7. The fourth-order valence-corrected chi connectivity index (χ4v) is 3.48. The molecule has 2 unspecified atom stereocenters. The van der Waals surface area contributed by atoms with Crippen molar-refractivity contribution in [1.29, 1.82) is 0 Å². The fraction of sp³-hybridized carbons (Fsp3) is 0.320. The second-order valence-electron chi connectivity index (χ2n) is 8.13. The molecule has 10 heteroatoms. The molecule has 35 heavy (non-hydrogen) atoms. The highest BCUT2D eigenvalue weighted by Crippen LogP contribution is 2.18. The zero-order valence-electron chi connectivity index (χ0n) is 19.3. The second kappa shape index (κ2) is 13.9. The standard InChI is InChI=1S/C11H12N2O2.C9H11NO2.C5H9NO2/c12-9(11(14)15)5-7-6-13-10-4-2-1-3-8(7)10;10-8(9(11)12)6-7-4-2-1-3-5-7;7-5(8)4-2-1-3-6-4/h1-4,6,9,13H,5,12H2,(H,14,15);1-5,8H,6,10H2,(H,11,12);4,6H,1-3H2,(H,7,8)/t;;4-/m..0/s1. The Kier molecular flexibility index (Phi) is 10.9. The number of carboxylic acids is 3. The molecule has 0 amide bonds. The maximum atomic E-state index is 10.6. The first kappa shape index (κ1) is 27.5. The number of para-hydroxylation sites is 1. The Labute approximate surface area is 202 Å². The van der Waals surface area contributed by atoms with Gasteiger partial charge in [0.25, 0.3) is 0 Å². The summed E-state index contributed by atoms with van der Waals surface area (Å²) in [5.41, 5.74) is 13.7. The highest BCUT2D eigenvalue weighted by atomic mass is 16.4. The Balaban J connectivity index is 0.000000194. The van der Waals surface area contributed by atoms with Crippen molar-refractivity contribution in [3.05, 3.63) is 71.9 Å². The van der Waals surface area contributed by atoms with Gasteiger partial charge in [-0.3, -0.25) is 14.4 Å². The van der Waals surface area contributed by atoms with E-state index in [2.05, 4.69) is 10.3 Å². The number of aliphatic carboxylic acids is 3. The molecule has 0 spiro atoms. The molecule has 10 nitrogen and oxygen atoms in total. The van der Waals surface area contributed by atoms with Crippen LogP contribution in [0, 0.1) is 0 Å². The smallest absolute Gasteiger partial charge is 0.320 e. The first-order chi connectivity index (χ1) is 16.7. The van der Waals surface area contributed by atoms with Gasteiger partial charge in [-0.2, -0.15) is 0 Å². The van der Waals surface area contributed by atoms with Gasteiger partial charge in [-0.05, 0) is 43.0 Å². The molecule has 1 aliphatic heterocycles. The van der Waals surface area contributed by atoms with Gasteiger partial charge in [0.15, 0.2) is 0 Å². The minimum Gasteiger partial charge on any atom is -0.480 e. The minimum absolute atomic E-state index is 0.269. The highest BCUT2D eigenvalue weighted by molar-refractivity contribution is 5.84.